The summed E-state index contributed by atoms with van der Waals surface area (Å²) >= 11 is 7.84. The van der Waals surface area contributed by atoms with Crippen molar-refractivity contribution in [2.24, 2.45) is 4.99 Å². The van der Waals surface area contributed by atoms with Gasteiger partial charge in [-0.1, -0.05) is 23.7 Å². The number of benzene rings is 2. The minimum atomic E-state index is -0.548. The second-order valence-corrected chi connectivity index (χ2v) is 10.3. The third kappa shape index (κ3) is 3.78. The summed E-state index contributed by atoms with van der Waals surface area (Å²) in [5, 5.41) is 21.0. The SMILES string of the molecule is Cc1sc2c(c1C)C(c1ccc(Cl)cc1)=N[C@@H](CC(=O)Nc1ccc3nonc3c1)c1nnc(C)n1-2. The average molecular weight is 518 g/mol. The van der Waals surface area contributed by atoms with Crippen LogP contribution >= 0.6 is 22.9 Å². The molecule has 1 atom stereocenters. The molecule has 180 valence electrons. The summed E-state index contributed by atoms with van der Waals surface area (Å²) in [6.45, 7) is 6.10. The fourth-order valence-electron chi connectivity index (χ4n) is 4.38. The van der Waals surface area contributed by atoms with E-state index in [-0.39, 0.29) is 12.3 Å². The molecule has 5 aromatic rings. The molecule has 1 aliphatic rings. The highest BCUT2D eigenvalue weighted by molar-refractivity contribution is 7.15. The van der Waals surface area contributed by atoms with Gasteiger partial charge in [0, 0.05) is 26.7 Å². The Hall–Kier alpha value is -3.89. The van der Waals surface area contributed by atoms with E-state index in [9.17, 15) is 4.79 Å². The minimum Gasteiger partial charge on any atom is -0.326 e. The number of aliphatic imine (C=N–C) groups is 1. The van der Waals surface area contributed by atoms with Crippen LogP contribution in [0, 0.1) is 20.8 Å². The van der Waals surface area contributed by atoms with Crippen molar-refractivity contribution in [2.45, 2.75) is 33.2 Å². The Kier molecular flexibility index (Phi) is 5.42. The molecule has 0 spiro atoms. The number of rotatable bonds is 4. The molecule has 0 fully saturated rings. The second kappa shape index (κ2) is 8.65. The number of hydrogen-bond donors (Lipinski definition) is 1. The lowest BCUT2D eigenvalue weighted by Gasteiger charge is -2.13. The maximum Gasteiger partial charge on any atom is 0.227 e. The van der Waals surface area contributed by atoms with E-state index < -0.39 is 6.04 Å². The summed E-state index contributed by atoms with van der Waals surface area (Å²) in [5.41, 5.74) is 5.68. The van der Waals surface area contributed by atoms with E-state index in [0.717, 1.165) is 33.2 Å². The molecule has 0 saturated carbocycles. The van der Waals surface area contributed by atoms with Gasteiger partial charge < -0.3 is 5.32 Å². The van der Waals surface area contributed by atoms with Gasteiger partial charge in [-0.3, -0.25) is 14.4 Å². The summed E-state index contributed by atoms with van der Waals surface area (Å²) in [6.07, 6.45) is 0.0807. The molecule has 9 nitrogen and oxygen atoms in total. The molecule has 0 aliphatic carbocycles. The lowest BCUT2D eigenvalue weighted by atomic mass is 9.99. The normalized spacial score (nSPS) is 14.8. The van der Waals surface area contributed by atoms with Gasteiger partial charge in [-0.05, 0) is 67.0 Å². The van der Waals surface area contributed by atoms with Crippen LogP contribution in [0.15, 0.2) is 52.1 Å². The van der Waals surface area contributed by atoms with Gasteiger partial charge >= 0.3 is 0 Å². The Morgan fingerprint density at radius 3 is 2.67 bits per heavy atom. The van der Waals surface area contributed by atoms with Crippen molar-refractivity contribution in [1.29, 1.82) is 0 Å². The van der Waals surface area contributed by atoms with E-state index in [1.54, 1.807) is 29.5 Å². The second-order valence-electron chi connectivity index (χ2n) is 8.62. The Labute approximate surface area is 214 Å². The van der Waals surface area contributed by atoms with Crippen LogP contribution in [0.1, 0.15) is 45.7 Å². The van der Waals surface area contributed by atoms with Crippen LogP contribution in [-0.2, 0) is 4.79 Å². The number of aryl methyl sites for hydroxylation is 2. The number of nitrogens with zero attached hydrogens (tertiary/aromatic N) is 6. The average Bonchev–Trinajstić information content (AvgIpc) is 3.52. The number of carbonyl (C=O) groups excluding carboxylic acids is 1. The Balaban J connectivity index is 1.43. The number of nitrogens with one attached hydrogen (secondary N) is 1. The van der Waals surface area contributed by atoms with Crippen molar-refractivity contribution in [3.05, 3.63) is 80.7 Å². The van der Waals surface area contributed by atoms with E-state index in [4.69, 9.17) is 21.2 Å². The number of carbonyl (C=O) groups is 1. The smallest absolute Gasteiger partial charge is 0.227 e. The Morgan fingerprint density at radius 2 is 1.86 bits per heavy atom. The minimum absolute atomic E-state index is 0.0807. The van der Waals surface area contributed by atoms with Gasteiger partial charge in [-0.25, -0.2) is 4.63 Å². The number of thiophene rings is 1. The number of hydrogen-bond acceptors (Lipinski definition) is 8. The number of anilines is 1. The van der Waals surface area contributed by atoms with Crippen molar-refractivity contribution >= 4 is 51.3 Å². The van der Waals surface area contributed by atoms with Crippen molar-refractivity contribution < 1.29 is 9.42 Å². The number of halogens is 1. The molecular weight excluding hydrogens is 498 g/mol. The van der Waals surface area contributed by atoms with E-state index >= 15 is 0 Å². The van der Waals surface area contributed by atoms with Crippen LogP contribution in [0.5, 0.6) is 0 Å². The number of fused-ring (bicyclic) bond motifs is 4. The molecule has 11 heteroatoms. The molecule has 0 radical (unpaired) electrons. The quantitative estimate of drug-likeness (QED) is 0.343. The molecular formula is C25H20ClN7O2S. The van der Waals surface area contributed by atoms with Gasteiger partial charge in [-0.2, -0.15) is 0 Å². The summed E-state index contributed by atoms with van der Waals surface area (Å²) < 4.78 is 6.77. The van der Waals surface area contributed by atoms with Gasteiger partial charge in [0.25, 0.3) is 0 Å². The molecule has 6 rings (SSSR count). The predicted molar refractivity (Wildman–Crippen MR) is 138 cm³/mol. The monoisotopic (exact) mass is 517 g/mol. The maximum absolute atomic E-state index is 13.2. The third-order valence-corrected chi connectivity index (χ3v) is 7.72. The van der Waals surface area contributed by atoms with Crippen LogP contribution in [0.4, 0.5) is 5.69 Å². The molecule has 1 N–H and O–H groups in total. The van der Waals surface area contributed by atoms with Crippen molar-refractivity contribution in [3.63, 3.8) is 0 Å². The topological polar surface area (TPSA) is 111 Å². The fraction of sp³-hybridized carbons (Fsp3) is 0.200. The lowest BCUT2D eigenvalue weighted by Crippen LogP contribution is -2.17. The first-order valence-corrected chi connectivity index (χ1v) is 12.5. The predicted octanol–water partition coefficient (Wildman–Crippen LogP) is 5.36. The molecule has 1 amide bonds. The lowest BCUT2D eigenvalue weighted by molar-refractivity contribution is -0.116. The maximum atomic E-state index is 13.2. The summed E-state index contributed by atoms with van der Waals surface area (Å²) in [5.74, 6) is 1.17. The largest absolute Gasteiger partial charge is 0.326 e. The molecule has 0 saturated heterocycles. The van der Waals surface area contributed by atoms with Crippen molar-refractivity contribution in [1.82, 2.24) is 25.1 Å². The first kappa shape index (κ1) is 22.6. The van der Waals surface area contributed by atoms with Crippen molar-refractivity contribution in [3.8, 4) is 5.00 Å². The summed E-state index contributed by atoms with van der Waals surface area (Å²) in [4.78, 5) is 19.5. The zero-order valence-corrected chi connectivity index (χ0v) is 21.2. The first-order valence-electron chi connectivity index (χ1n) is 11.3. The van der Waals surface area contributed by atoms with Crippen LogP contribution in [-0.4, -0.2) is 36.7 Å². The molecule has 3 aromatic heterocycles. The van der Waals surface area contributed by atoms with E-state index in [0.29, 0.717) is 27.6 Å². The van der Waals surface area contributed by atoms with E-state index in [1.165, 1.54) is 4.88 Å². The van der Waals surface area contributed by atoms with Crippen LogP contribution in [0.25, 0.3) is 16.0 Å². The zero-order valence-electron chi connectivity index (χ0n) is 19.6. The number of aromatic nitrogens is 5. The highest BCUT2D eigenvalue weighted by atomic mass is 35.5. The van der Waals surface area contributed by atoms with Gasteiger partial charge in [0.1, 0.15) is 27.9 Å². The van der Waals surface area contributed by atoms with E-state index in [1.807, 2.05) is 35.8 Å². The summed E-state index contributed by atoms with van der Waals surface area (Å²) in [6, 6.07) is 12.3. The zero-order chi connectivity index (χ0) is 25.0. The molecule has 4 heterocycles. The van der Waals surface area contributed by atoms with E-state index in [2.05, 4.69) is 39.7 Å². The van der Waals surface area contributed by atoms with Crippen LogP contribution in [0.3, 0.4) is 0 Å². The van der Waals surface area contributed by atoms with Gasteiger partial charge in [-0.15, -0.1) is 21.5 Å². The highest BCUT2D eigenvalue weighted by Gasteiger charge is 2.32. The van der Waals surface area contributed by atoms with Gasteiger partial charge in [0.15, 0.2) is 5.82 Å². The Bertz CT molecular complexity index is 1670. The molecule has 36 heavy (non-hydrogen) atoms. The summed E-state index contributed by atoms with van der Waals surface area (Å²) in [7, 11) is 0. The van der Waals surface area contributed by atoms with Crippen LogP contribution in [0.2, 0.25) is 5.02 Å². The van der Waals surface area contributed by atoms with Gasteiger partial charge in [0.05, 0.1) is 12.1 Å². The third-order valence-electron chi connectivity index (χ3n) is 6.27. The fourth-order valence-corrected chi connectivity index (χ4v) is 5.72. The number of amides is 1. The Morgan fingerprint density at radius 1 is 1.08 bits per heavy atom. The van der Waals surface area contributed by atoms with Gasteiger partial charge in [0.2, 0.25) is 5.91 Å². The molecule has 2 aromatic carbocycles. The standard InChI is InChI=1S/C25H20ClN7O2S/c1-12-13(2)36-25-22(12)23(15-4-6-16(26)7-5-15)28-20(24-30-29-14(3)33(24)25)11-21(34)27-17-8-9-18-19(10-17)32-35-31-18/h4-10,20H,11H2,1-3H3,(H,27,34)/t20-/m0/s1. The van der Waals surface area contributed by atoms with Crippen molar-refractivity contribution in [2.75, 3.05) is 5.32 Å². The molecule has 1 aliphatic heterocycles. The molecule has 0 bridgehead atoms. The highest BCUT2D eigenvalue weighted by Crippen LogP contribution is 2.39. The molecule has 0 unspecified atom stereocenters. The first-order chi connectivity index (χ1) is 17.4. The van der Waals surface area contributed by atoms with Crippen LogP contribution < -0.4 is 5.32 Å².